The molecule has 2 aromatic rings. The molecular weight excluding hydrogens is 520 g/mol. The van der Waals surface area contributed by atoms with Gasteiger partial charge in [0.1, 0.15) is 16.5 Å². The van der Waals surface area contributed by atoms with Crippen LogP contribution in [0.4, 0.5) is 5.69 Å². The number of carboxylic acids is 1. The molecule has 0 aromatic carbocycles. The molecule has 0 saturated heterocycles. The third kappa shape index (κ3) is 6.61. The van der Waals surface area contributed by atoms with E-state index in [0.717, 1.165) is 37.0 Å². The molecule has 8 nitrogen and oxygen atoms in total. The summed E-state index contributed by atoms with van der Waals surface area (Å²) < 4.78 is 14.7. The molecule has 2 fully saturated rings. The fourth-order valence-corrected chi connectivity index (χ4v) is 7.66. The second-order valence-corrected chi connectivity index (χ2v) is 14.4. The van der Waals surface area contributed by atoms with Gasteiger partial charge in [-0.25, -0.2) is 9.48 Å². The summed E-state index contributed by atoms with van der Waals surface area (Å²) >= 11 is -0.149. The summed E-state index contributed by atoms with van der Waals surface area (Å²) in [6.45, 7) is 8.25. The lowest BCUT2D eigenvalue weighted by atomic mass is 9.81. The number of thiophene rings is 1. The Morgan fingerprint density at radius 1 is 1.16 bits per heavy atom. The number of anilines is 1. The maximum Gasteiger partial charge on any atom is 0.348 e. The molecular formula is C28H38N4O4S2. The Morgan fingerprint density at radius 3 is 2.37 bits per heavy atom. The van der Waals surface area contributed by atoms with E-state index in [2.05, 4.69) is 28.8 Å². The Morgan fingerprint density at radius 2 is 1.82 bits per heavy atom. The van der Waals surface area contributed by atoms with Crippen LogP contribution in [-0.2, 0) is 23.0 Å². The predicted molar refractivity (Wildman–Crippen MR) is 150 cm³/mol. The third-order valence-corrected chi connectivity index (χ3v) is 10.3. The zero-order valence-corrected chi connectivity index (χ0v) is 24.5. The third-order valence-electron chi connectivity index (χ3n) is 7.49. The van der Waals surface area contributed by atoms with Crippen LogP contribution in [0.25, 0.3) is 0 Å². The Labute approximate surface area is 232 Å². The molecule has 0 spiro atoms. The van der Waals surface area contributed by atoms with Gasteiger partial charge in [-0.1, -0.05) is 18.8 Å². The minimum Gasteiger partial charge on any atom is -0.609 e. The minimum atomic E-state index is -1.29. The number of carboxylic acid groups (broad SMARTS) is 1. The number of hydrogen-bond acceptors (Lipinski definition) is 6. The topological polar surface area (TPSA) is 111 Å². The van der Waals surface area contributed by atoms with Crippen LogP contribution in [0.15, 0.2) is 17.6 Å². The van der Waals surface area contributed by atoms with Gasteiger partial charge in [0.15, 0.2) is 0 Å². The molecule has 206 valence electrons. The van der Waals surface area contributed by atoms with E-state index in [4.69, 9.17) is 0 Å². The van der Waals surface area contributed by atoms with Gasteiger partial charge >= 0.3 is 11.1 Å². The normalized spacial score (nSPS) is 24.8. The van der Waals surface area contributed by atoms with Crippen LogP contribution in [-0.4, -0.2) is 47.6 Å². The van der Waals surface area contributed by atoms with Crippen molar-refractivity contribution in [2.24, 2.45) is 24.3 Å². The number of carbonyl (C=O) groups is 2. The molecule has 1 unspecified atom stereocenters. The Kier molecular flexibility index (Phi) is 8.90. The predicted octanol–water partition coefficient (Wildman–Crippen LogP) is 5.25. The first kappa shape index (κ1) is 28.7. The SMILES string of the molecule is Cn1ncnc1[S+]([O-])[C@H]1CC[C@H](N(c2cc(C#CC(C)(C)C)sc2C(=O)O)C(=O)[C@H]2CC[C@H](C)CC2)CC1. The fraction of sp³-hybridized carbons (Fsp3) is 0.643. The molecule has 0 bridgehead atoms. The number of aromatic carboxylic acids is 1. The quantitative estimate of drug-likeness (QED) is 0.383. The smallest absolute Gasteiger partial charge is 0.348 e. The van der Waals surface area contributed by atoms with Crippen molar-refractivity contribution in [1.29, 1.82) is 0 Å². The lowest BCUT2D eigenvalue weighted by Crippen LogP contribution is -2.47. The second kappa shape index (κ2) is 11.8. The van der Waals surface area contributed by atoms with Crippen LogP contribution >= 0.6 is 11.3 Å². The van der Waals surface area contributed by atoms with E-state index in [0.29, 0.717) is 47.3 Å². The fourth-order valence-electron chi connectivity index (χ4n) is 5.36. The Bertz CT molecular complexity index is 1210. The molecule has 0 aliphatic heterocycles. The maximum absolute atomic E-state index is 14.1. The Hall–Kier alpha value is -2.35. The molecule has 1 atom stereocenters. The molecule has 0 radical (unpaired) electrons. The average molecular weight is 559 g/mol. The van der Waals surface area contributed by atoms with Crippen molar-refractivity contribution in [2.75, 3.05) is 4.90 Å². The van der Waals surface area contributed by atoms with E-state index in [1.165, 1.54) is 6.33 Å². The molecule has 2 aliphatic rings. The highest BCUT2D eigenvalue weighted by molar-refractivity contribution is 7.91. The van der Waals surface area contributed by atoms with Crippen LogP contribution in [0.2, 0.25) is 0 Å². The van der Waals surface area contributed by atoms with E-state index in [1.807, 2.05) is 20.8 Å². The summed E-state index contributed by atoms with van der Waals surface area (Å²) in [4.78, 5) is 33.2. The molecule has 1 N–H and O–H groups in total. The van der Waals surface area contributed by atoms with Gasteiger partial charge in [0.25, 0.3) is 0 Å². The van der Waals surface area contributed by atoms with Gasteiger partial charge in [0.2, 0.25) is 5.91 Å². The minimum absolute atomic E-state index is 0.0189. The zero-order chi connectivity index (χ0) is 27.6. The number of rotatable bonds is 6. The van der Waals surface area contributed by atoms with Gasteiger partial charge in [-0.2, -0.15) is 10.1 Å². The zero-order valence-electron chi connectivity index (χ0n) is 22.9. The molecule has 1 amide bonds. The highest BCUT2D eigenvalue weighted by atomic mass is 32.2. The van der Waals surface area contributed by atoms with E-state index in [9.17, 15) is 19.2 Å². The van der Waals surface area contributed by atoms with Crippen LogP contribution in [0, 0.1) is 29.1 Å². The second-order valence-electron chi connectivity index (χ2n) is 11.7. The van der Waals surface area contributed by atoms with Gasteiger partial charge in [-0.15, -0.1) is 11.3 Å². The summed E-state index contributed by atoms with van der Waals surface area (Å²) in [5.41, 5.74) is 0.237. The van der Waals surface area contributed by atoms with Crippen molar-refractivity contribution in [1.82, 2.24) is 14.8 Å². The van der Waals surface area contributed by atoms with E-state index >= 15 is 0 Å². The monoisotopic (exact) mass is 558 g/mol. The first-order valence-corrected chi connectivity index (χ1v) is 15.5. The molecule has 2 aromatic heterocycles. The standard InChI is InChI=1S/C28H38N4O4S2/c1-18-6-8-19(9-7-18)25(33)32(23-16-21(14-15-28(2,3)4)37-24(23)26(34)35)20-10-12-22(13-11-20)38(36)27-29-17-30-31(27)5/h16-20,22H,6-13H2,1-5H3,(H,34,35)/t18-,19-,20-,22-,38?. The van der Waals surface area contributed by atoms with Crippen molar-refractivity contribution in [2.45, 2.75) is 95.5 Å². The average Bonchev–Trinajstić information content (AvgIpc) is 3.49. The summed E-state index contributed by atoms with van der Waals surface area (Å²) in [6, 6.07) is 1.64. The molecule has 4 rings (SSSR count). The summed E-state index contributed by atoms with van der Waals surface area (Å²) in [6.07, 6.45) is 7.71. The van der Waals surface area contributed by atoms with Crippen molar-refractivity contribution < 1.29 is 19.2 Å². The lowest BCUT2D eigenvalue weighted by Gasteiger charge is -2.39. The number of nitrogens with zero attached hydrogens (tertiary/aromatic N) is 4. The van der Waals surface area contributed by atoms with Crippen molar-refractivity contribution in [3.8, 4) is 11.8 Å². The molecule has 2 aliphatic carbocycles. The number of hydrogen-bond donors (Lipinski definition) is 1. The molecule has 38 heavy (non-hydrogen) atoms. The number of amides is 1. The van der Waals surface area contributed by atoms with Crippen molar-refractivity contribution >= 4 is 40.1 Å². The molecule has 2 heterocycles. The van der Waals surface area contributed by atoms with Crippen molar-refractivity contribution in [3.05, 3.63) is 22.1 Å². The van der Waals surface area contributed by atoms with Crippen LogP contribution < -0.4 is 4.90 Å². The molecule has 10 heteroatoms. The van der Waals surface area contributed by atoms with E-state index in [1.54, 1.807) is 22.7 Å². The first-order valence-electron chi connectivity index (χ1n) is 13.4. The van der Waals surface area contributed by atoms with Gasteiger partial charge in [-0.3, -0.25) is 4.79 Å². The number of aromatic nitrogens is 3. The Balaban J connectivity index is 1.63. The van der Waals surface area contributed by atoms with Crippen LogP contribution in [0.5, 0.6) is 0 Å². The largest absolute Gasteiger partial charge is 0.609 e. The molecule has 2 saturated carbocycles. The van der Waals surface area contributed by atoms with Gasteiger partial charge in [-0.05, 0) is 84.1 Å². The van der Waals surface area contributed by atoms with E-state index < -0.39 is 17.1 Å². The highest BCUT2D eigenvalue weighted by Gasteiger charge is 2.40. The van der Waals surface area contributed by atoms with Crippen LogP contribution in [0.3, 0.4) is 0 Å². The van der Waals surface area contributed by atoms with Gasteiger partial charge in [0, 0.05) is 35.6 Å². The lowest BCUT2D eigenvalue weighted by molar-refractivity contribution is -0.124. The van der Waals surface area contributed by atoms with E-state index in [-0.39, 0.29) is 33.4 Å². The first-order chi connectivity index (χ1) is 17.9. The van der Waals surface area contributed by atoms with Gasteiger partial charge < -0.3 is 14.6 Å². The summed E-state index contributed by atoms with van der Waals surface area (Å²) in [7, 11) is 1.74. The maximum atomic E-state index is 14.1. The van der Waals surface area contributed by atoms with Crippen molar-refractivity contribution in [3.63, 3.8) is 0 Å². The highest BCUT2D eigenvalue weighted by Crippen LogP contribution is 2.40. The summed E-state index contributed by atoms with van der Waals surface area (Å²) in [5.74, 6) is 5.80. The summed E-state index contributed by atoms with van der Waals surface area (Å²) in [5, 5.41) is 14.5. The number of carbonyl (C=O) groups excluding carboxylic acids is 1. The number of aryl methyl sites for hydroxylation is 1. The van der Waals surface area contributed by atoms with Gasteiger partial charge in [0.05, 0.1) is 10.6 Å². The van der Waals surface area contributed by atoms with Crippen LogP contribution in [0.1, 0.15) is 93.6 Å².